The first-order valence-electron chi connectivity index (χ1n) is 4.33. The SMILES string of the molecule is CC/C=C\C=C/CCC(N)C=O. The number of rotatable bonds is 6. The number of nitrogens with two attached hydrogens (primary N) is 1. The van der Waals surface area contributed by atoms with Gasteiger partial charge in [-0.15, -0.1) is 0 Å². The van der Waals surface area contributed by atoms with Crippen LogP contribution < -0.4 is 5.73 Å². The van der Waals surface area contributed by atoms with Crippen molar-refractivity contribution in [3.05, 3.63) is 24.3 Å². The molecule has 0 fully saturated rings. The molecule has 0 heterocycles. The predicted molar refractivity (Wildman–Crippen MR) is 51.8 cm³/mol. The monoisotopic (exact) mass is 167 g/mol. The van der Waals surface area contributed by atoms with Crippen LogP contribution in [0.2, 0.25) is 0 Å². The standard InChI is InChI=1S/C10H17NO/c1-2-3-4-5-6-7-8-10(11)9-12/h3-6,9-10H,2,7-8,11H2,1H3/b4-3-,6-5-. The molecule has 0 aromatic heterocycles. The second-order valence-electron chi connectivity index (χ2n) is 2.64. The lowest BCUT2D eigenvalue weighted by molar-refractivity contribution is -0.109. The van der Waals surface area contributed by atoms with E-state index >= 15 is 0 Å². The summed E-state index contributed by atoms with van der Waals surface area (Å²) in [5.74, 6) is 0. The highest BCUT2D eigenvalue weighted by atomic mass is 16.1. The summed E-state index contributed by atoms with van der Waals surface area (Å²) < 4.78 is 0. The van der Waals surface area contributed by atoms with Crippen LogP contribution in [0.4, 0.5) is 0 Å². The Bertz CT molecular complexity index is 161. The molecule has 0 amide bonds. The summed E-state index contributed by atoms with van der Waals surface area (Å²) >= 11 is 0. The summed E-state index contributed by atoms with van der Waals surface area (Å²) in [5, 5.41) is 0. The third-order valence-electron chi connectivity index (χ3n) is 1.46. The van der Waals surface area contributed by atoms with E-state index < -0.39 is 0 Å². The molecular weight excluding hydrogens is 150 g/mol. The Morgan fingerprint density at radius 1 is 1.33 bits per heavy atom. The van der Waals surface area contributed by atoms with E-state index in [1.54, 1.807) is 0 Å². The van der Waals surface area contributed by atoms with Gasteiger partial charge in [-0.3, -0.25) is 0 Å². The third kappa shape index (κ3) is 7.22. The van der Waals surface area contributed by atoms with E-state index in [2.05, 4.69) is 13.0 Å². The van der Waals surface area contributed by atoms with Crippen molar-refractivity contribution in [1.82, 2.24) is 0 Å². The fourth-order valence-electron chi connectivity index (χ4n) is 0.746. The van der Waals surface area contributed by atoms with Crippen LogP contribution in [0.25, 0.3) is 0 Å². The van der Waals surface area contributed by atoms with Gasteiger partial charge < -0.3 is 10.5 Å². The maximum Gasteiger partial charge on any atom is 0.136 e. The molecule has 0 aliphatic heterocycles. The van der Waals surface area contributed by atoms with E-state index in [1.165, 1.54) is 0 Å². The molecular formula is C10H17NO. The molecule has 2 N–H and O–H groups in total. The predicted octanol–water partition coefficient (Wildman–Crippen LogP) is 1.82. The van der Waals surface area contributed by atoms with Crippen LogP contribution in [0.1, 0.15) is 26.2 Å². The van der Waals surface area contributed by atoms with E-state index in [1.807, 2.05) is 18.2 Å². The lowest BCUT2D eigenvalue weighted by Gasteiger charge is -1.97. The molecule has 1 unspecified atom stereocenters. The van der Waals surface area contributed by atoms with Crippen LogP contribution in [0.15, 0.2) is 24.3 Å². The first-order chi connectivity index (χ1) is 5.81. The average molecular weight is 167 g/mol. The van der Waals surface area contributed by atoms with Crippen LogP contribution in [-0.4, -0.2) is 12.3 Å². The van der Waals surface area contributed by atoms with Crippen LogP contribution in [0, 0.1) is 0 Å². The molecule has 0 aliphatic rings. The number of hydrogen-bond acceptors (Lipinski definition) is 2. The van der Waals surface area contributed by atoms with E-state index in [9.17, 15) is 4.79 Å². The van der Waals surface area contributed by atoms with Crippen molar-refractivity contribution in [3.8, 4) is 0 Å². The highest BCUT2D eigenvalue weighted by molar-refractivity contribution is 5.56. The van der Waals surface area contributed by atoms with Gasteiger partial charge in [0.15, 0.2) is 0 Å². The largest absolute Gasteiger partial charge is 0.322 e. The molecule has 0 spiro atoms. The van der Waals surface area contributed by atoms with E-state index in [0.29, 0.717) is 0 Å². The van der Waals surface area contributed by atoms with Gasteiger partial charge in [-0.25, -0.2) is 0 Å². The molecule has 0 saturated carbocycles. The number of allylic oxidation sites excluding steroid dienone is 4. The molecule has 0 radical (unpaired) electrons. The molecule has 68 valence electrons. The molecule has 2 nitrogen and oxygen atoms in total. The molecule has 0 rings (SSSR count). The number of carbonyl (C=O) groups excluding carboxylic acids is 1. The lowest BCUT2D eigenvalue weighted by Crippen LogP contribution is -2.20. The molecule has 0 bridgehead atoms. The molecule has 0 aromatic carbocycles. The Morgan fingerprint density at radius 3 is 2.58 bits per heavy atom. The molecule has 12 heavy (non-hydrogen) atoms. The summed E-state index contributed by atoms with van der Waals surface area (Å²) in [6.45, 7) is 2.09. The minimum absolute atomic E-state index is 0.301. The third-order valence-corrected chi connectivity index (χ3v) is 1.46. The van der Waals surface area contributed by atoms with E-state index in [4.69, 9.17) is 5.73 Å². The summed E-state index contributed by atoms with van der Waals surface area (Å²) in [6, 6.07) is -0.301. The van der Waals surface area contributed by atoms with Gasteiger partial charge in [-0.1, -0.05) is 31.2 Å². The van der Waals surface area contributed by atoms with Crippen molar-refractivity contribution in [2.45, 2.75) is 32.2 Å². The maximum absolute atomic E-state index is 10.1. The topological polar surface area (TPSA) is 43.1 Å². The number of carbonyl (C=O) groups is 1. The van der Waals surface area contributed by atoms with Crippen LogP contribution in [0.5, 0.6) is 0 Å². The minimum Gasteiger partial charge on any atom is -0.322 e. The van der Waals surface area contributed by atoms with Crippen molar-refractivity contribution in [1.29, 1.82) is 0 Å². The van der Waals surface area contributed by atoms with Gasteiger partial charge in [0.2, 0.25) is 0 Å². The highest BCUT2D eigenvalue weighted by Crippen LogP contribution is 1.94. The fourth-order valence-corrected chi connectivity index (χ4v) is 0.746. The summed E-state index contributed by atoms with van der Waals surface area (Å²) in [6.07, 6.45) is 11.5. The van der Waals surface area contributed by atoms with Gasteiger partial charge in [0, 0.05) is 0 Å². The molecule has 2 heteroatoms. The van der Waals surface area contributed by atoms with Crippen molar-refractivity contribution < 1.29 is 4.79 Å². The molecule has 0 aliphatic carbocycles. The zero-order valence-electron chi connectivity index (χ0n) is 7.57. The first kappa shape index (κ1) is 11.1. The lowest BCUT2D eigenvalue weighted by atomic mass is 10.2. The van der Waals surface area contributed by atoms with Gasteiger partial charge in [0.25, 0.3) is 0 Å². The number of hydrogen-bond donors (Lipinski definition) is 1. The first-order valence-corrected chi connectivity index (χ1v) is 4.33. The van der Waals surface area contributed by atoms with Gasteiger partial charge in [0.1, 0.15) is 6.29 Å². The Morgan fingerprint density at radius 2 is 2.00 bits per heavy atom. The molecule has 1 atom stereocenters. The second-order valence-corrected chi connectivity index (χ2v) is 2.64. The zero-order valence-corrected chi connectivity index (χ0v) is 7.57. The van der Waals surface area contributed by atoms with Gasteiger partial charge >= 0.3 is 0 Å². The number of aldehydes is 1. The second kappa shape index (κ2) is 8.21. The normalized spacial score (nSPS) is 14.2. The average Bonchev–Trinajstić information content (AvgIpc) is 2.10. The van der Waals surface area contributed by atoms with E-state index in [-0.39, 0.29) is 6.04 Å². The van der Waals surface area contributed by atoms with Gasteiger partial charge in [0.05, 0.1) is 6.04 Å². The molecule has 0 saturated heterocycles. The van der Waals surface area contributed by atoms with Crippen LogP contribution >= 0.6 is 0 Å². The fraction of sp³-hybridized carbons (Fsp3) is 0.500. The van der Waals surface area contributed by atoms with Crippen molar-refractivity contribution >= 4 is 6.29 Å². The van der Waals surface area contributed by atoms with Gasteiger partial charge in [-0.2, -0.15) is 0 Å². The summed E-state index contributed by atoms with van der Waals surface area (Å²) in [5.41, 5.74) is 5.39. The summed E-state index contributed by atoms with van der Waals surface area (Å²) in [4.78, 5) is 10.1. The van der Waals surface area contributed by atoms with Gasteiger partial charge in [-0.05, 0) is 19.3 Å². The minimum atomic E-state index is -0.301. The Hall–Kier alpha value is -0.890. The van der Waals surface area contributed by atoms with Crippen molar-refractivity contribution in [3.63, 3.8) is 0 Å². The maximum atomic E-state index is 10.1. The van der Waals surface area contributed by atoms with Crippen LogP contribution in [0.3, 0.4) is 0 Å². The smallest absolute Gasteiger partial charge is 0.136 e. The quantitative estimate of drug-likeness (QED) is 0.484. The van der Waals surface area contributed by atoms with E-state index in [0.717, 1.165) is 25.5 Å². The highest BCUT2D eigenvalue weighted by Gasteiger charge is 1.94. The Kier molecular flexibility index (Phi) is 7.60. The Balaban J connectivity index is 3.35. The van der Waals surface area contributed by atoms with Crippen molar-refractivity contribution in [2.75, 3.05) is 0 Å². The summed E-state index contributed by atoms with van der Waals surface area (Å²) in [7, 11) is 0. The van der Waals surface area contributed by atoms with Crippen LogP contribution in [-0.2, 0) is 4.79 Å². The molecule has 0 aromatic rings. The zero-order chi connectivity index (χ0) is 9.23. The Labute approximate surface area is 74.1 Å². The van der Waals surface area contributed by atoms with Crippen molar-refractivity contribution in [2.24, 2.45) is 5.73 Å².